The summed E-state index contributed by atoms with van der Waals surface area (Å²) >= 11 is 0. The molecule has 0 aromatic carbocycles. The molecule has 3 rings (SSSR count). The Morgan fingerprint density at radius 1 is 1.10 bits per heavy atom. The zero-order valence-electron chi connectivity index (χ0n) is 12.7. The molecule has 2 heterocycles. The van der Waals surface area contributed by atoms with Gasteiger partial charge in [-0.05, 0) is 44.9 Å². The van der Waals surface area contributed by atoms with Crippen molar-refractivity contribution < 1.29 is 13.6 Å². The summed E-state index contributed by atoms with van der Waals surface area (Å²) in [4.78, 5) is 11.6. The number of furan rings is 2. The first-order valence-electron chi connectivity index (χ1n) is 7.51. The first-order valence-corrected chi connectivity index (χ1v) is 7.51. The van der Waals surface area contributed by atoms with E-state index in [1.54, 1.807) is 6.07 Å². The third kappa shape index (κ3) is 5.14. The van der Waals surface area contributed by atoms with E-state index in [0.717, 1.165) is 24.4 Å². The van der Waals surface area contributed by atoms with E-state index in [2.05, 4.69) is 5.32 Å². The van der Waals surface area contributed by atoms with Crippen molar-refractivity contribution in [3.63, 3.8) is 0 Å². The van der Waals surface area contributed by atoms with Crippen LogP contribution in [-0.2, 0) is 0 Å². The predicted octanol–water partition coefficient (Wildman–Crippen LogP) is 4.24. The fraction of sp³-hybridized carbons (Fsp3) is 0.471. The van der Waals surface area contributed by atoms with Gasteiger partial charge in [0.05, 0.1) is 11.8 Å². The van der Waals surface area contributed by atoms with Gasteiger partial charge in [0, 0.05) is 6.04 Å². The van der Waals surface area contributed by atoms with Crippen LogP contribution in [0.5, 0.6) is 0 Å². The predicted molar refractivity (Wildman–Crippen MR) is 81.2 cm³/mol. The van der Waals surface area contributed by atoms with Crippen LogP contribution in [0.25, 0.3) is 0 Å². The lowest BCUT2D eigenvalue weighted by atomic mass is 9.95. The van der Waals surface area contributed by atoms with E-state index in [1.165, 1.54) is 31.8 Å². The Balaban J connectivity index is 0.000000194. The fourth-order valence-corrected chi connectivity index (χ4v) is 2.47. The zero-order chi connectivity index (χ0) is 15.1. The molecule has 1 saturated carbocycles. The monoisotopic (exact) mass is 289 g/mol. The Bertz CT molecular complexity index is 520. The van der Waals surface area contributed by atoms with Crippen molar-refractivity contribution in [3.05, 3.63) is 47.8 Å². The molecule has 0 saturated heterocycles. The fourth-order valence-electron chi connectivity index (χ4n) is 2.47. The third-order valence-corrected chi connectivity index (χ3v) is 3.60. The van der Waals surface area contributed by atoms with E-state index in [0.29, 0.717) is 11.6 Å². The molecule has 4 nitrogen and oxygen atoms in total. The van der Waals surface area contributed by atoms with Gasteiger partial charge in [-0.25, -0.2) is 0 Å². The first-order chi connectivity index (χ1) is 10.1. The number of aryl methyl sites for hydroxylation is 2. The SMILES string of the molecule is Cc1ccc(C)o1.O=C(NC1CCCCC1)c1ccoc1. The molecule has 1 N–H and O–H groups in total. The smallest absolute Gasteiger partial charge is 0.254 e. The maximum absolute atomic E-state index is 11.6. The molecule has 0 radical (unpaired) electrons. The minimum Gasteiger partial charge on any atom is -0.472 e. The highest BCUT2D eigenvalue weighted by atomic mass is 16.3. The van der Waals surface area contributed by atoms with E-state index in [4.69, 9.17) is 8.83 Å². The van der Waals surface area contributed by atoms with Crippen molar-refractivity contribution in [2.75, 3.05) is 0 Å². The Labute approximate surface area is 125 Å². The number of hydrogen-bond donors (Lipinski definition) is 1. The van der Waals surface area contributed by atoms with Crippen LogP contribution in [0.1, 0.15) is 54.0 Å². The molecule has 4 heteroatoms. The van der Waals surface area contributed by atoms with Crippen molar-refractivity contribution in [1.82, 2.24) is 5.32 Å². The number of carbonyl (C=O) groups is 1. The van der Waals surface area contributed by atoms with E-state index < -0.39 is 0 Å². The quantitative estimate of drug-likeness (QED) is 0.899. The number of hydrogen-bond acceptors (Lipinski definition) is 3. The molecular weight excluding hydrogens is 266 g/mol. The van der Waals surface area contributed by atoms with Crippen molar-refractivity contribution in [3.8, 4) is 0 Å². The summed E-state index contributed by atoms with van der Waals surface area (Å²) < 4.78 is 9.95. The van der Waals surface area contributed by atoms with Gasteiger partial charge in [0.15, 0.2) is 0 Å². The van der Waals surface area contributed by atoms with Crippen LogP contribution in [0.15, 0.2) is 39.6 Å². The van der Waals surface area contributed by atoms with E-state index in [1.807, 2.05) is 26.0 Å². The molecule has 1 aliphatic rings. The Morgan fingerprint density at radius 3 is 2.24 bits per heavy atom. The summed E-state index contributed by atoms with van der Waals surface area (Å²) in [5, 5.41) is 3.02. The van der Waals surface area contributed by atoms with Crippen molar-refractivity contribution >= 4 is 5.91 Å². The first kappa shape index (κ1) is 15.4. The van der Waals surface area contributed by atoms with Gasteiger partial charge in [-0.2, -0.15) is 0 Å². The lowest BCUT2D eigenvalue weighted by molar-refractivity contribution is 0.0927. The lowest BCUT2D eigenvalue weighted by Crippen LogP contribution is -2.35. The maximum Gasteiger partial charge on any atom is 0.254 e. The molecule has 2 aromatic heterocycles. The van der Waals surface area contributed by atoms with Gasteiger partial charge >= 0.3 is 0 Å². The molecule has 0 unspecified atom stereocenters. The average molecular weight is 289 g/mol. The molecule has 0 spiro atoms. The van der Waals surface area contributed by atoms with Gasteiger partial charge in [0.1, 0.15) is 17.8 Å². The van der Waals surface area contributed by atoms with Gasteiger partial charge in [-0.3, -0.25) is 4.79 Å². The van der Waals surface area contributed by atoms with Gasteiger partial charge < -0.3 is 14.2 Å². The standard InChI is InChI=1S/C11H15NO2.C6H8O/c13-11(9-6-7-14-8-9)12-10-4-2-1-3-5-10;1-5-3-4-6(2)7-5/h6-8,10H,1-5H2,(H,12,13);3-4H,1-2H3. The van der Waals surface area contributed by atoms with Crippen molar-refractivity contribution in [1.29, 1.82) is 0 Å². The summed E-state index contributed by atoms with van der Waals surface area (Å²) in [5.41, 5.74) is 0.621. The lowest BCUT2D eigenvalue weighted by Gasteiger charge is -2.22. The third-order valence-electron chi connectivity index (χ3n) is 3.60. The molecule has 1 amide bonds. The summed E-state index contributed by atoms with van der Waals surface area (Å²) in [5.74, 6) is 1.96. The van der Waals surface area contributed by atoms with Gasteiger partial charge in [-0.1, -0.05) is 19.3 Å². The second-order valence-electron chi connectivity index (χ2n) is 5.48. The van der Waals surface area contributed by atoms with Crippen molar-refractivity contribution in [2.45, 2.75) is 52.0 Å². The molecule has 0 aliphatic heterocycles. The molecule has 2 aromatic rings. The molecule has 0 bridgehead atoms. The van der Waals surface area contributed by atoms with Crippen molar-refractivity contribution in [2.24, 2.45) is 0 Å². The molecule has 1 fully saturated rings. The molecule has 0 atom stereocenters. The van der Waals surface area contributed by atoms with E-state index in [9.17, 15) is 4.79 Å². The second kappa shape index (κ2) is 7.72. The second-order valence-corrected chi connectivity index (χ2v) is 5.48. The highest BCUT2D eigenvalue weighted by Crippen LogP contribution is 2.17. The summed E-state index contributed by atoms with van der Waals surface area (Å²) in [6.45, 7) is 3.88. The number of carbonyl (C=O) groups excluding carboxylic acids is 1. The Morgan fingerprint density at radius 2 is 1.76 bits per heavy atom. The van der Waals surface area contributed by atoms with Gasteiger partial charge in [0.2, 0.25) is 0 Å². The minimum absolute atomic E-state index is 0.00866. The average Bonchev–Trinajstić information content (AvgIpc) is 3.12. The summed E-state index contributed by atoms with van der Waals surface area (Å²) in [7, 11) is 0. The summed E-state index contributed by atoms with van der Waals surface area (Å²) in [6, 6.07) is 5.97. The Hall–Kier alpha value is -1.97. The van der Waals surface area contributed by atoms with Crippen LogP contribution >= 0.6 is 0 Å². The van der Waals surface area contributed by atoms with Crippen LogP contribution in [-0.4, -0.2) is 11.9 Å². The van der Waals surface area contributed by atoms with E-state index in [-0.39, 0.29) is 5.91 Å². The highest BCUT2D eigenvalue weighted by Gasteiger charge is 2.16. The van der Waals surface area contributed by atoms with Gasteiger partial charge in [-0.15, -0.1) is 0 Å². The minimum atomic E-state index is -0.00866. The van der Waals surface area contributed by atoms with Crippen LogP contribution in [0.2, 0.25) is 0 Å². The van der Waals surface area contributed by atoms with Gasteiger partial charge in [0.25, 0.3) is 5.91 Å². The molecule has 114 valence electrons. The normalized spacial score (nSPS) is 15.1. The van der Waals surface area contributed by atoms with Crippen LogP contribution in [0, 0.1) is 13.8 Å². The Kier molecular flexibility index (Phi) is 5.67. The molecule has 1 aliphatic carbocycles. The van der Waals surface area contributed by atoms with Crippen LogP contribution in [0.3, 0.4) is 0 Å². The van der Waals surface area contributed by atoms with Crippen LogP contribution < -0.4 is 5.32 Å². The number of amides is 1. The largest absolute Gasteiger partial charge is 0.472 e. The number of rotatable bonds is 2. The zero-order valence-corrected chi connectivity index (χ0v) is 12.7. The summed E-state index contributed by atoms with van der Waals surface area (Å²) in [6.07, 6.45) is 9.01. The highest BCUT2D eigenvalue weighted by molar-refractivity contribution is 5.93. The molecular formula is C17H23NO3. The maximum atomic E-state index is 11.6. The van der Waals surface area contributed by atoms with Crippen LogP contribution in [0.4, 0.5) is 0 Å². The number of nitrogens with one attached hydrogen (secondary N) is 1. The van der Waals surface area contributed by atoms with E-state index >= 15 is 0 Å². The molecule has 21 heavy (non-hydrogen) atoms. The topological polar surface area (TPSA) is 55.4 Å².